The first-order valence-corrected chi connectivity index (χ1v) is 9.71. The predicted octanol–water partition coefficient (Wildman–Crippen LogP) is 3.83. The maximum atomic E-state index is 13.2. The third kappa shape index (κ3) is 4.27. The molecule has 0 fully saturated rings. The number of hydrogen-bond donors (Lipinski definition) is 1. The van der Waals surface area contributed by atoms with Gasteiger partial charge < -0.3 is 5.11 Å². The summed E-state index contributed by atoms with van der Waals surface area (Å²) in [6.07, 6.45) is 1.24. The van der Waals surface area contributed by atoms with E-state index in [1.807, 2.05) is 0 Å². The van der Waals surface area contributed by atoms with Gasteiger partial charge >= 0.3 is 5.97 Å². The summed E-state index contributed by atoms with van der Waals surface area (Å²) in [5, 5.41) is 9.55. The molecule has 0 aliphatic carbocycles. The molecule has 0 saturated heterocycles. The van der Waals surface area contributed by atoms with Gasteiger partial charge in [-0.15, -0.1) is 0 Å². The van der Waals surface area contributed by atoms with E-state index in [0.717, 1.165) is 5.56 Å². The van der Waals surface area contributed by atoms with Crippen LogP contribution in [0.4, 0.5) is 5.69 Å². The van der Waals surface area contributed by atoms with Crippen LogP contribution in [-0.2, 0) is 16.6 Å². The maximum Gasteiger partial charge on any atom is 0.354 e. The molecule has 8 heteroatoms. The average Bonchev–Trinajstić information content (AvgIpc) is 2.68. The second-order valence-corrected chi connectivity index (χ2v) is 7.96. The monoisotopic (exact) mass is 402 g/mol. The Morgan fingerprint density at radius 3 is 2.22 bits per heavy atom. The smallest absolute Gasteiger partial charge is 0.354 e. The van der Waals surface area contributed by atoms with Crippen LogP contribution in [0.1, 0.15) is 16.1 Å². The lowest BCUT2D eigenvalue weighted by atomic mass is 10.2. The van der Waals surface area contributed by atoms with Gasteiger partial charge in [-0.1, -0.05) is 41.9 Å². The van der Waals surface area contributed by atoms with Crippen LogP contribution in [0.5, 0.6) is 0 Å². The number of sulfonamides is 1. The number of benzene rings is 2. The van der Waals surface area contributed by atoms with E-state index in [2.05, 4.69) is 4.98 Å². The maximum absolute atomic E-state index is 13.2. The molecular formula is C19H15ClN2O4S. The molecular weight excluding hydrogens is 388 g/mol. The van der Waals surface area contributed by atoms with E-state index in [9.17, 15) is 13.2 Å². The van der Waals surface area contributed by atoms with E-state index < -0.39 is 16.0 Å². The van der Waals surface area contributed by atoms with E-state index in [1.165, 1.54) is 34.8 Å². The number of hydrogen-bond acceptors (Lipinski definition) is 4. The Hall–Kier alpha value is -2.90. The Bertz CT molecular complexity index is 1040. The summed E-state index contributed by atoms with van der Waals surface area (Å²) in [6.45, 7) is 0.0441. The van der Waals surface area contributed by atoms with Gasteiger partial charge in [0.25, 0.3) is 10.0 Å². The summed E-state index contributed by atoms with van der Waals surface area (Å²) in [5.74, 6) is -1.18. The summed E-state index contributed by atoms with van der Waals surface area (Å²) in [6, 6.07) is 17.5. The van der Waals surface area contributed by atoms with Crippen molar-refractivity contribution in [3.05, 3.63) is 89.2 Å². The fourth-order valence-electron chi connectivity index (χ4n) is 2.45. The van der Waals surface area contributed by atoms with E-state index in [1.54, 1.807) is 42.5 Å². The van der Waals surface area contributed by atoms with Gasteiger partial charge in [0.15, 0.2) is 0 Å². The molecule has 3 aromatic rings. The molecule has 6 nitrogen and oxygen atoms in total. The highest BCUT2D eigenvalue weighted by Crippen LogP contribution is 2.26. The van der Waals surface area contributed by atoms with Gasteiger partial charge in [-0.2, -0.15) is 0 Å². The molecule has 0 atom stereocenters. The van der Waals surface area contributed by atoms with Gasteiger partial charge in [-0.05, 0) is 42.0 Å². The lowest BCUT2D eigenvalue weighted by Crippen LogP contribution is -2.30. The number of carbonyl (C=O) groups is 1. The fraction of sp³-hybridized carbons (Fsp3) is 0.0526. The number of anilines is 1. The van der Waals surface area contributed by atoms with Crippen LogP contribution < -0.4 is 4.31 Å². The van der Waals surface area contributed by atoms with Crippen LogP contribution in [-0.4, -0.2) is 24.5 Å². The van der Waals surface area contributed by atoms with Crippen molar-refractivity contribution in [2.24, 2.45) is 0 Å². The zero-order chi connectivity index (χ0) is 19.4. The van der Waals surface area contributed by atoms with E-state index >= 15 is 0 Å². The van der Waals surface area contributed by atoms with Crippen molar-refractivity contribution in [1.29, 1.82) is 0 Å². The van der Waals surface area contributed by atoms with Gasteiger partial charge in [-0.3, -0.25) is 4.31 Å². The minimum Gasteiger partial charge on any atom is -0.477 e. The molecule has 2 aromatic carbocycles. The Kier molecular flexibility index (Phi) is 5.43. The molecule has 0 unspecified atom stereocenters. The molecule has 1 heterocycles. The average molecular weight is 403 g/mol. The summed E-state index contributed by atoms with van der Waals surface area (Å²) in [7, 11) is -3.88. The highest BCUT2D eigenvalue weighted by atomic mass is 35.5. The number of nitrogens with zero attached hydrogens (tertiary/aromatic N) is 2. The first-order valence-electron chi connectivity index (χ1n) is 7.89. The topological polar surface area (TPSA) is 87.6 Å². The molecule has 1 aromatic heterocycles. The summed E-state index contributed by atoms with van der Waals surface area (Å²) >= 11 is 5.90. The number of aromatic nitrogens is 1. The van der Waals surface area contributed by atoms with Crippen LogP contribution in [0.2, 0.25) is 5.02 Å². The van der Waals surface area contributed by atoms with Crippen molar-refractivity contribution < 1.29 is 18.3 Å². The zero-order valence-corrected chi connectivity index (χ0v) is 15.6. The molecule has 3 rings (SSSR count). The van der Waals surface area contributed by atoms with Gasteiger partial charge in [0, 0.05) is 5.02 Å². The van der Waals surface area contributed by atoms with Gasteiger partial charge in [0.1, 0.15) is 5.69 Å². The Morgan fingerprint density at radius 2 is 1.67 bits per heavy atom. The molecule has 0 spiro atoms. The van der Waals surface area contributed by atoms with Crippen molar-refractivity contribution in [1.82, 2.24) is 4.98 Å². The quantitative estimate of drug-likeness (QED) is 0.677. The number of carboxylic acids is 1. The largest absolute Gasteiger partial charge is 0.477 e. The second-order valence-electron chi connectivity index (χ2n) is 5.66. The van der Waals surface area contributed by atoms with E-state index in [-0.39, 0.29) is 22.8 Å². The number of carboxylic acid groups (broad SMARTS) is 1. The van der Waals surface area contributed by atoms with Crippen molar-refractivity contribution >= 4 is 33.3 Å². The van der Waals surface area contributed by atoms with E-state index in [4.69, 9.17) is 16.7 Å². The second kappa shape index (κ2) is 7.77. The minimum absolute atomic E-state index is 0.0441. The van der Waals surface area contributed by atoms with Gasteiger partial charge in [0.05, 0.1) is 23.3 Å². The summed E-state index contributed by atoms with van der Waals surface area (Å²) in [4.78, 5) is 15.0. The molecule has 1 N–H and O–H groups in total. The zero-order valence-electron chi connectivity index (χ0n) is 14.0. The van der Waals surface area contributed by atoms with Gasteiger partial charge in [-0.25, -0.2) is 18.2 Å². The standard InChI is InChI=1S/C19H15ClN2O4S/c20-15-8-6-14(7-9-15)13-22(16-10-11-18(19(23)24)21-12-16)27(25,26)17-4-2-1-3-5-17/h1-12H,13H2,(H,23,24). The summed E-state index contributed by atoms with van der Waals surface area (Å²) < 4.78 is 27.5. The fourth-order valence-corrected chi connectivity index (χ4v) is 4.04. The number of rotatable bonds is 6. The van der Waals surface area contributed by atoms with Crippen molar-refractivity contribution in [3.8, 4) is 0 Å². The molecule has 0 saturated carbocycles. The summed E-state index contributed by atoms with van der Waals surface area (Å²) in [5.41, 5.74) is 0.822. The number of halogens is 1. The van der Waals surface area contributed by atoms with Crippen LogP contribution in [0.3, 0.4) is 0 Å². The van der Waals surface area contributed by atoms with E-state index in [0.29, 0.717) is 5.02 Å². The predicted molar refractivity (Wildman–Crippen MR) is 102 cm³/mol. The van der Waals surface area contributed by atoms with Crippen LogP contribution in [0.25, 0.3) is 0 Å². The van der Waals surface area contributed by atoms with Crippen LogP contribution in [0, 0.1) is 0 Å². The lowest BCUT2D eigenvalue weighted by Gasteiger charge is -2.24. The molecule has 0 bridgehead atoms. The minimum atomic E-state index is -3.88. The highest BCUT2D eigenvalue weighted by Gasteiger charge is 2.25. The molecule has 0 amide bonds. The van der Waals surface area contributed by atoms with Crippen molar-refractivity contribution in [2.45, 2.75) is 11.4 Å². The third-order valence-corrected chi connectivity index (χ3v) is 5.87. The van der Waals surface area contributed by atoms with Crippen molar-refractivity contribution in [2.75, 3.05) is 4.31 Å². The highest BCUT2D eigenvalue weighted by molar-refractivity contribution is 7.92. The molecule has 0 aliphatic rings. The normalized spacial score (nSPS) is 11.1. The van der Waals surface area contributed by atoms with Crippen LogP contribution in [0.15, 0.2) is 77.8 Å². The first-order chi connectivity index (χ1) is 12.9. The lowest BCUT2D eigenvalue weighted by molar-refractivity contribution is 0.0690. The van der Waals surface area contributed by atoms with Gasteiger partial charge in [0.2, 0.25) is 0 Å². The Labute approximate surface area is 161 Å². The van der Waals surface area contributed by atoms with Crippen molar-refractivity contribution in [3.63, 3.8) is 0 Å². The molecule has 0 radical (unpaired) electrons. The third-order valence-electron chi connectivity index (χ3n) is 3.83. The SMILES string of the molecule is O=C(O)c1ccc(N(Cc2ccc(Cl)cc2)S(=O)(=O)c2ccccc2)cn1. The Morgan fingerprint density at radius 1 is 1.00 bits per heavy atom. The molecule has 27 heavy (non-hydrogen) atoms. The first kappa shape index (κ1) is 18.9. The molecule has 0 aliphatic heterocycles. The Balaban J connectivity index is 2.05. The number of aromatic carboxylic acids is 1. The van der Waals surface area contributed by atoms with Crippen LogP contribution >= 0.6 is 11.6 Å². The number of pyridine rings is 1. The molecule has 138 valence electrons.